The van der Waals surface area contributed by atoms with Crippen LogP contribution in [0.15, 0.2) is 59.0 Å². The highest BCUT2D eigenvalue weighted by atomic mass is 16.3. The maximum Gasteiger partial charge on any atom is 0.134 e. The lowest BCUT2D eigenvalue weighted by atomic mass is 10.1. The fraction of sp³-hybridized carbons (Fsp3) is 0. The molecule has 0 bridgehead atoms. The second kappa shape index (κ2) is 3.61. The topological polar surface area (TPSA) is 13.1 Å². The van der Waals surface area contributed by atoms with Crippen LogP contribution in [0.1, 0.15) is 16.9 Å². The van der Waals surface area contributed by atoms with E-state index in [1.807, 2.05) is 18.2 Å². The first-order valence-electron chi connectivity index (χ1n) is 6.04. The monoisotopic (exact) mass is 231 g/mol. The molecule has 4 rings (SSSR count). The molecule has 2 aromatic carbocycles. The Hall–Kier alpha value is -2.28. The fourth-order valence-electron chi connectivity index (χ4n) is 2.42. The van der Waals surface area contributed by atoms with E-state index in [9.17, 15) is 0 Å². The molecule has 1 heterocycles. The van der Waals surface area contributed by atoms with Crippen LogP contribution >= 0.6 is 0 Å². The van der Waals surface area contributed by atoms with Gasteiger partial charge in [-0.15, -0.1) is 0 Å². The SMILES string of the molecule is [CH]1C(c2cc3ccccc3o2)=Cc2ccccc21. The van der Waals surface area contributed by atoms with Gasteiger partial charge in [0.05, 0.1) is 0 Å². The quantitative estimate of drug-likeness (QED) is 0.599. The van der Waals surface area contributed by atoms with E-state index >= 15 is 0 Å². The van der Waals surface area contributed by atoms with Crippen LogP contribution in [0.4, 0.5) is 0 Å². The molecule has 1 aromatic heterocycles. The van der Waals surface area contributed by atoms with Crippen LogP contribution < -0.4 is 0 Å². The van der Waals surface area contributed by atoms with Crippen molar-refractivity contribution < 1.29 is 4.42 Å². The van der Waals surface area contributed by atoms with Gasteiger partial charge in [0.15, 0.2) is 0 Å². The molecule has 0 saturated heterocycles. The van der Waals surface area contributed by atoms with Crippen molar-refractivity contribution in [2.24, 2.45) is 0 Å². The predicted octanol–water partition coefficient (Wildman–Crippen LogP) is 4.54. The number of hydrogen-bond acceptors (Lipinski definition) is 1. The number of hydrogen-bond donors (Lipinski definition) is 0. The van der Waals surface area contributed by atoms with Crippen LogP contribution in [0.2, 0.25) is 0 Å². The molecule has 1 heteroatoms. The number of para-hydroxylation sites is 1. The van der Waals surface area contributed by atoms with Crippen molar-refractivity contribution in [3.8, 4) is 0 Å². The van der Waals surface area contributed by atoms with Gasteiger partial charge in [-0.1, -0.05) is 42.5 Å². The summed E-state index contributed by atoms with van der Waals surface area (Å²) in [5, 5.41) is 1.15. The van der Waals surface area contributed by atoms with Gasteiger partial charge in [-0.05, 0) is 29.3 Å². The van der Waals surface area contributed by atoms with Gasteiger partial charge < -0.3 is 4.42 Å². The summed E-state index contributed by atoms with van der Waals surface area (Å²) >= 11 is 0. The van der Waals surface area contributed by atoms with E-state index in [1.165, 1.54) is 11.1 Å². The number of benzene rings is 2. The first-order valence-corrected chi connectivity index (χ1v) is 6.04. The zero-order valence-electron chi connectivity index (χ0n) is 9.76. The lowest BCUT2D eigenvalue weighted by Gasteiger charge is -1.96. The molecule has 0 unspecified atom stereocenters. The Labute approximate surface area is 105 Å². The minimum atomic E-state index is 0.937. The predicted molar refractivity (Wildman–Crippen MR) is 73.9 cm³/mol. The molecule has 1 nitrogen and oxygen atoms in total. The van der Waals surface area contributed by atoms with Crippen molar-refractivity contribution in [2.75, 3.05) is 0 Å². The van der Waals surface area contributed by atoms with Crippen molar-refractivity contribution in [3.63, 3.8) is 0 Å². The standard InChI is InChI=1S/C17H11O/c1-2-6-13-10-15(9-12(13)5-1)17-11-14-7-3-4-8-16(14)18-17/h1-11H. The summed E-state index contributed by atoms with van der Waals surface area (Å²) in [7, 11) is 0. The van der Waals surface area contributed by atoms with Crippen molar-refractivity contribution in [3.05, 3.63) is 77.9 Å². The van der Waals surface area contributed by atoms with Crippen molar-refractivity contribution in [1.29, 1.82) is 0 Å². The third-order valence-corrected chi connectivity index (χ3v) is 3.33. The molecule has 0 fully saturated rings. The zero-order chi connectivity index (χ0) is 11.9. The zero-order valence-corrected chi connectivity index (χ0v) is 9.76. The third-order valence-electron chi connectivity index (χ3n) is 3.33. The second-order valence-corrected chi connectivity index (χ2v) is 4.52. The Morgan fingerprint density at radius 1 is 0.778 bits per heavy atom. The normalized spacial score (nSPS) is 13.7. The Morgan fingerprint density at radius 2 is 1.56 bits per heavy atom. The van der Waals surface area contributed by atoms with Crippen LogP contribution in [-0.4, -0.2) is 0 Å². The van der Waals surface area contributed by atoms with Gasteiger partial charge in [0.1, 0.15) is 11.3 Å². The highest BCUT2D eigenvalue weighted by molar-refractivity contribution is 5.95. The summed E-state index contributed by atoms with van der Waals surface area (Å²) in [6, 6.07) is 18.6. The van der Waals surface area contributed by atoms with Gasteiger partial charge in [0, 0.05) is 17.4 Å². The highest BCUT2D eigenvalue weighted by Crippen LogP contribution is 2.35. The van der Waals surface area contributed by atoms with Crippen LogP contribution in [0, 0.1) is 6.42 Å². The van der Waals surface area contributed by atoms with Gasteiger partial charge in [0.25, 0.3) is 0 Å². The molecular formula is C17H11O. The van der Waals surface area contributed by atoms with E-state index in [4.69, 9.17) is 4.42 Å². The summed E-state index contributed by atoms with van der Waals surface area (Å²) in [4.78, 5) is 0. The molecular weight excluding hydrogens is 220 g/mol. The summed E-state index contributed by atoms with van der Waals surface area (Å²) in [6.45, 7) is 0. The van der Waals surface area contributed by atoms with Crippen LogP contribution in [-0.2, 0) is 0 Å². The molecule has 0 aliphatic heterocycles. The maximum atomic E-state index is 5.88. The molecule has 85 valence electrons. The first kappa shape index (κ1) is 9.72. The number of furan rings is 1. The highest BCUT2D eigenvalue weighted by Gasteiger charge is 2.16. The van der Waals surface area contributed by atoms with Gasteiger partial charge in [-0.3, -0.25) is 0 Å². The molecule has 1 aliphatic carbocycles. The summed E-state index contributed by atoms with van der Waals surface area (Å²) in [6.07, 6.45) is 4.35. The summed E-state index contributed by atoms with van der Waals surface area (Å²) < 4.78 is 5.88. The van der Waals surface area contributed by atoms with Gasteiger partial charge in [0.2, 0.25) is 0 Å². The smallest absolute Gasteiger partial charge is 0.134 e. The van der Waals surface area contributed by atoms with E-state index in [0.29, 0.717) is 0 Å². The number of fused-ring (bicyclic) bond motifs is 2. The Balaban J connectivity index is 1.82. The van der Waals surface area contributed by atoms with Gasteiger partial charge >= 0.3 is 0 Å². The summed E-state index contributed by atoms with van der Waals surface area (Å²) in [5.41, 5.74) is 4.60. The second-order valence-electron chi connectivity index (χ2n) is 4.52. The molecule has 3 aromatic rings. The Kier molecular flexibility index (Phi) is 1.95. The minimum Gasteiger partial charge on any atom is -0.456 e. The Morgan fingerprint density at radius 3 is 2.39 bits per heavy atom. The van der Waals surface area contributed by atoms with Crippen molar-refractivity contribution in [1.82, 2.24) is 0 Å². The van der Waals surface area contributed by atoms with E-state index in [2.05, 4.69) is 48.9 Å². The number of rotatable bonds is 1. The average Bonchev–Trinajstić information content (AvgIpc) is 3.02. The molecule has 1 aliphatic rings. The van der Waals surface area contributed by atoms with E-state index in [-0.39, 0.29) is 0 Å². The lowest BCUT2D eigenvalue weighted by molar-refractivity contribution is 0.601. The maximum absolute atomic E-state index is 5.88. The molecule has 0 atom stereocenters. The molecule has 0 amide bonds. The van der Waals surface area contributed by atoms with E-state index < -0.39 is 0 Å². The van der Waals surface area contributed by atoms with Gasteiger partial charge in [-0.25, -0.2) is 0 Å². The molecule has 1 radical (unpaired) electrons. The number of allylic oxidation sites excluding steroid dienone is 1. The first-order chi connectivity index (χ1) is 8.90. The molecule has 0 saturated carbocycles. The fourth-order valence-corrected chi connectivity index (χ4v) is 2.42. The Bertz CT molecular complexity index is 729. The summed E-state index contributed by atoms with van der Waals surface area (Å²) in [5.74, 6) is 0.937. The largest absolute Gasteiger partial charge is 0.456 e. The van der Waals surface area contributed by atoms with Gasteiger partial charge in [-0.2, -0.15) is 0 Å². The molecule has 0 N–H and O–H groups in total. The van der Waals surface area contributed by atoms with E-state index in [1.54, 1.807) is 0 Å². The molecule has 18 heavy (non-hydrogen) atoms. The van der Waals surface area contributed by atoms with Crippen LogP contribution in [0.5, 0.6) is 0 Å². The minimum absolute atomic E-state index is 0.937. The average molecular weight is 231 g/mol. The van der Waals surface area contributed by atoms with E-state index in [0.717, 1.165) is 22.3 Å². The van der Waals surface area contributed by atoms with Crippen LogP contribution in [0.3, 0.4) is 0 Å². The lowest BCUT2D eigenvalue weighted by Crippen LogP contribution is -1.79. The van der Waals surface area contributed by atoms with Crippen molar-refractivity contribution in [2.45, 2.75) is 0 Å². The van der Waals surface area contributed by atoms with Crippen LogP contribution in [0.25, 0.3) is 22.6 Å². The van der Waals surface area contributed by atoms with Crippen molar-refractivity contribution >= 4 is 22.6 Å². The molecule has 0 spiro atoms. The third kappa shape index (κ3) is 1.41.